The smallest absolute Gasteiger partial charge is 0.756 e. The molecule has 0 amide bonds. The molecule has 28 heavy (non-hydrogen) atoms. The maximum atomic E-state index is 11.9. The van der Waals surface area contributed by atoms with E-state index in [9.17, 15) is 18.8 Å². The normalized spacial score (nSPS) is 32.4. The summed E-state index contributed by atoms with van der Waals surface area (Å²) in [5.41, 5.74) is 4.81. The molecule has 0 radical (unpaired) electrons. The van der Waals surface area contributed by atoms with Gasteiger partial charge in [0.05, 0.1) is 12.9 Å². The zero-order valence-electron chi connectivity index (χ0n) is 14.1. The Bertz CT molecular complexity index is 1050. The Hall–Kier alpha value is -0.670. The van der Waals surface area contributed by atoms with E-state index < -0.39 is 52.4 Å². The molecular weight excluding hydrogens is 435 g/mol. The number of phosphoric acid groups is 2. The molecular formula is C10H12N5NaO10P2. The summed E-state index contributed by atoms with van der Waals surface area (Å²) in [6.45, 7) is -0.673. The van der Waals surface area contributed by atoms with Crippen LogP contribution in [-0.2, 0) is 27.4 Å². The number of anilines is 1. The first kappa shape index (κ1) is 22.0. The minimum absolute atomic E-state index is 0. The molecule has 0 saturated carbocycles. The number of nitrogens with one attached hydrogen (secondary N) is 1. The summed E-state index contributed by atoms with van der Waals surface area (Å²) in [6, 6.07) is 0. The largest absolute Gasteiger partial charge is 1.00 e. The van der Waals surface area contributed by atoms with Crippen LogP contribution in [0.3, 0.4) is 0 Å². The van der Waals surface area contributed by atoms with E-state index in [1.54, 1.807) is 0 Å². The van der Waals surface area contributed by atoms with Crippen LogP contribution in [-0.4, -0.2) is 54.2 Å². The molecule has 2 aromatic heterocycles. The number of phosphoric ester groups is 2. The van der Waals surface area contributed by atoms with Crippen molar-refractivity contribution in [2.75, 3.05) is 12.3 Å². The molecule has 0 aromatic carbocycles. The Kier molecular flexibility index (Phi) is 5.93. The van der Waals surface area contributed by atoms with E-state index in [2.05, 4.69) is 19.5 Å². The Balaban J connectivity index is 0.00000225. The summed E-state index contributed by atoms with van der Waals surface area (Å²) in [5, 5.41) is 0. The molecule has 0 bridgehead atoms. The molecule has 18 heteroatoms. The molecule has 2 fully saturated rings. The summed E-state index contributed by atoms with van der Waals surface area (Å²) in [4.78, 5) is 51.4. The molecule has 5 N–H and O–H groups in total. The Morgan fingerprint density at radius 3 is 2.79 bits per heavy atom. The van der Waals surface area contributed by atoms with Crippen molar-refractivity contribution in [3.8, 4) is 0 Å². The van der Waals surface area contributed by atoms with Crippen LogP contribution in [0.4, 0.5) is 5.95 Å². The number of hydrogen-bond donors (Lipinski definition) is 4. The molecule has 148 valence electrons. The first-order valence-electron chi connectivity index (χ1n) is 7.30. The first-order chi connectivity index (χ1) is 12.5. The van der Waals surface area contributed by atoms with Gasteiger partial charge in [-0.25, -0.2) is 9.55 Å². The molecule has 4 rings (SSSR count). The third-order valence-electron chi connectivity index (χ3n) is 3.92. The van der Waals surface area contributed by atoms with Gasteiger partial charge in [-0.1, -0.05) is 0 Å². The maximum Gasteiger partial charge on any atom is 1.00 e. The minimum Gasteiger partial charge on any atom is -0.756 e. The number of nitrogen functional groups attached to an aromatic ring is 1. The van der Waals surface area contributed by atoms with Gasteiger partial charge in [0.25, 0.3) is 13.4 Å². The van der Waals surface area contributed by atoms with Gasteiger partial charge < -0.3 is 34.2 Å². The molecule has 2 aliphatic heterocycles. The van der Waals surface area contributed by atoms with Crippen LogP contribution in [0.5, 0.6) is 0 Å². The average molecular weight is 447 g/mol. The molecule has 0 aliphatic carbocycles. The Morgan fingerprint density at radius 2 is 2.11 bits per heavy atom. The van der Waals surface area contributed by atoms with Crippen LogP contribution < -0.4 is 45.7 Å². The SMILES string of the molecule is Nc1nc2c(ncn2[C@@H]2O[C@H](COP(=O)(O)O)[C@H]3OP(=O)([O-])O[C@H]32)c(=O)[nH]1.[Na+]. The number of aromatic amines is 1. The van der Waals surface area contributed by atoms with Gasteiger partial charge in [0, 0.05) is 0 Å². The third kappa shape index (κ3) is 4.12. The predicted molar refractivity (Wildman–Crippen MR) is 81.8 cm³/mol. The standard InChI is InChI=1S/C10H13N5O10P2.Na/c11-10-13-7-4(8(16)14-10)12-2-15(7)9-6-5(24-27(20,21)25-6)3(23-9)1-22-26(17,18)19;/h2-3,5-6,9H,1H2,(H,20,21)(H2,17,18,19)(H3,11,13,14,16);/q;+1/p-1/t3-,5-,6-,9-;/m1./s1. The van der Waals surface area contributed by atoms with Crippen LogP contribution in [0.1, 0.15) is 6.23 Å². The van der Waals surface area contributed by atoms with Gasteiger partial charge in [0.15, 0.2) is 17.4 Å². The number of hydrogen-bond acceptors (Lipinski definition) is 11. The number of nitrogens with zero attached hydrogens (tertiary/aromatic N) is 3. The molecule has 15 nitrogen and oxygen atoms in total. The summed E-state index contributed by atoms with van der Waals surface area (Å²) < 4.78 is 43.5. The van der Waals surface area contributed by atoms with Gasteiger partial charge >= 0.3 is 37.4 Å². The van der Waals surface area contributed by atoms with Crippen molar-refractivity contribution in [2.24, 2.45) is 0 Å². The average Bonchev–Trinajstić information content (AvgIpc) is 3.15. The van der Waals surface area contributed by atoms with E-state index in [4.69, 9.17) is 29.3 Å². The fourth-order valence-corrected chi connectivity index (χ4v) is 4.40. The second kappa shape index (κ2) is 7.54. The zero-order valence-corrected chi connectivity index (χ0v) is 17.9. The second-order valence-corrected chi connectivity index (χ2v) is 8.27. The van der Waals surface area contributed by atoms with Crippen molar-refractivity contribution in [3.63, 3.8) is 0 Å². The maximum absolute atomic E-state index is 11.9. The number of H-pyrrole nitrogens is 1. The number of nitrogens with two attached hydrogens (primary N) is 1. The van der Waals surface area contributed by atoms with Gasteiger partial charge in [-0.2, -0.15) is 4.98 Å². The number of rotatable bonds is 4. The number of fused-ring (bicyclic) bond motifs is 2. The van der Waals surface area contributed by atoms with Crippen LogP contribution in [0.15, 0.2) is 11.1 Å². The number of aromatic nitrogens is 4. The van der Waals surface area contributed by atoms with Crippen molar-refractivity contribution < 1.29 is 71.7 Å². The third-order valence-corrected chi connectivity index (χ3v) is 5.41. The predicted octanol–water partition coefficient (Wildman–Crippen LogP) is -5.04. The van der Waals surface area contributed by atoms with Crippen molar-refractivity contribution >= 4 is 32.8 Å². The topological polar surface area (TPSA) is 224 Å². The molecule has 2 aromatic rings. The summed E-state index contributed by atoms with van der Waals surface area (Å²) >= 11 is 0. The molecule has 2 saturated heterocycles. The van der Waals surface area contributed by atoms with Crippen LogP contribution >= 0.6 is 15.6 Å². The van der Waals surface area contributed by atoms with E-state index in [1.807, 2.05) is 0 Å². The second-order valence-electron chi connectivity index (χ2n) is 5.71. The van der Waals surface area contributed by atoms with E-state index in [-0.39, 0.29) is 46.7 Å². The van der Waals surface area contributed by atoms with E-state index in [1.165, 1.54) is 4.57 Å². The van der Waals surface area contributed by atoms with Crippen molar-refractivity contribution in [1.29, 1.82) is 0 Å². The van der Waals surface area contributed by atoms with E-state index in [0.717, 1.165) is 6.33 Å². The van der Waals surface area contributed by atoms with Gasteiger partial charge in [-0.05, 0) is 0 Å². The summed E-state index contributed by atoms with van der Waals surface area (Å²) in [6.07, 6.45) is -3.68. The molecule has 5 atom stereocenters. The quantitative estimate of drug-likeness (QED) is 0.255. The van der Waals surface area contributed by atoms with E-state index in [0.29, 0.717) is 0 Å². The Morgan fingerprint density at radius 1 is 1.43 bits per heavy atom. The molecule has 2 aliphatic rings. The number of ether oxygens (including phenoxy) is 1. The Labute approximate surface area is 177 Å². The van der Waals surface area contributed by atoms with Crippen LogP contribution in [0.25, 0.3) is 11.2 Å². The van der Waals surface area contributed by atoms with Gasteiger partial charge in [-0.15, -0.1) is 0 Å². The van der Waals surface area contributed by atoms with Crippen molar-refractivity contribution in [2.45, 2.75) is 24.5 Å². The first-order valence-corrected chi connectivity index (χ1v) is 10.3. The van der Waals surface area contributed by atoms with Gasteiger partial charge in [0.2, 0.25) is 5.95 Å². The zero-order chi connectivity index (χ0) is 19.6. The van der Waals surface area contributed by atoms with Crippen LogP contribution in [0, 0.1) is 0 Å². The number of imidazole rings is 1. The van der Waals surface area contributed by atoms with Crippen molar-refractivity contribution in [1.82, 2.24) is 19.5 Å². The van der Waals surface area contributed by atoms with Gasteiger partial charge in [0.1, 0.15) is 18.3 Å². The summed E-state index contributed by atoms with van der Waals surface area (Å²) in [7, 11) is -9.50. The van der Waals surface area contributed by atoms with Gasteiger partial charge in [-0.3, -0.25) is 23.4 Å². The molecule has 4 heterocycles. The monoisotopic (exact) mass is 447 g/mol. The molecule has 0 spiro atoms. The fraction of sp³-hybridized carbons (Fsp3) is 0.500. The summed E-state index contributed by atoms with van der Waals surface area (Å²) in [5.74, 6) is -0.205. The van der Waals surface area contributed by atoms with Crippen LogP contribution in [0.2, 0.25) is 0 Å². The fourth-order valence-electron chi connectivity index (χ4n) is 2.93. The molecule has 1 unspecified atom stereocenters. The van der Waals surface area contributed by atoms with Crippen molar-refractivity contribution in [3.05, 3.63) is 16.7 Å². The van der Waals surface area contributed by atoms with E-state index >= 15 is 0 Å². The minimum atomic E-state index is -4.84.